The molecule has 1 saturated carbocycles. The third kappa shape index (κ3) is 13.7. The van der Waals surface area contributed by atoms with Gasteiger partial charge in [0, 0.05) is 20.3 Å². The monoisotopic (exact) mass is 972 g/mol. The molecule has 0 bridgehead atoms. The maximum Gasteiger partial charge on any atom is 0.364 e. The molecular weight excluding hydrogens is 904 g/mol. The van der Waals surface area contributed by atoms with E-state index in [0.717, 1.165) is 13.8 Å². The second kappa shape index (κ2) is 22.6. The van der Waals surface area contributed by atoms with Gasteiger partial charge in [-0.2, -0.15) is 0 Å². The molecule has 26 heteroatoms. The van der Waals surface area contributed by atoms with Crippen LogP contribution in [0.15, 0.2) is 0 Å². The number of esters is 2. The highest BCUT2D eigenvalue weighted by molar-refractivity contribution is 5.83. The van der Waals surface area contributed by atoms with Crippen LogP contribution in [0.5, 0.6) is 0 Å². The Hall–Kier alpha value is -3.29. The van der Waals surface area contributed by atoms with Crippen LogP contribution in [0, 0.1) is 11.8 Å². The molecule has 3 saturated heterocycles. The summed E-state index contributed by atoms with van der Waals surface area (Å²) in [6.45, 7) is 8.43. The lowest BCUT2D eigenvalue weighted by Crippen LogP contribution is -2.69. The number of nitrogens with one attached hydrogen (secondary N) is 2. The first-order chi connectivity index (χ1) is 31.0. The van der Waals surface area contributed by atoms with Crippen molar-refractivity contribution in [2.24, 2.45) is 11.8 Å². The number of carbonyl (C=O) groups excluding carboxylic acids is 4. The van der Waals surface area contributed by atoms with Crippen molar-refractivity contribution in [1.29, 1.82) is 0 Å². The van der Waals surface area contributed by atoms with Crippen molar-refractivity contribution < 1.29 is 118 Å². The molecule has 3 heterocycles. The second-order valence-corrected chi connectivity index (χ2v) is 19.2. The fraction of sp³-hybridized carbons (Fsp3) is 0.878. The molecule has 3 aliphatic heterocycles. The number of aliphatic hydroxyl groups is 10. The van der Waals surface area contributed by atoms with Gasteiger partial charge in [0.25, 0.3) is 5.79 Å². The Morgan fingerprint density at radius 1 is 0.687 bits per heavy atom. The van der Waals surface area contributed by atoms with Crippen LogP contribution in [0.2, 0.25) is 0 Å². The quantitative estimate of drug-likeness (QED) is 0.0641. The van der Waals surface area contributed by atoms with E-state index in [1.807, 2.05) is 0 Å². The maximum absolute atomic E-state index is 14.1. The molecule has 0 spiro atoms. The molecule has 0 aromatic heterocycles. The SMILES string of the molecule is CC(=O)N[C@H]1[C@H](O[C@H]2C[C@H](C(=O)OC(C)(C)C)[C@@H](C(=O)OC(C)(C)C)C[C@H]2O[C@]2(C(=O)O)C[C@H](O)[C@@H](NC(C)=O)[C@H]([C@H](O)[C@H](O)CO)O2)O[C@H](CO)[C@H](O)[C@@H]1O[C@@H]1O[C@H](CO)[C@H](O)[C@H](O)[C@H]1O. The fourth-order valence-electron chi connectivity index (χ4n) is 8.41. The summed E-state index contributed by atoms with van der Waals surface area (Å²) in [6.07, 6.45) is -30.4. The van der Waals surface area contributed by atoms with Gasteiger partial charge in [0.2, 0.25) is 11.8 Å². The standard InChI is InChI=1S/C41H68N2O24/c1-15(47)42-25-19(49)11-41(38(58)59,65-33(25)27(51)20(50)12-44)64-22-10-18(35(57)67-40(6,7)8)17(34(56)66-39(3,4)5)9-21(22)60-36-26(43-16(2)48)32(29(53)24(14-46)61-36)63-37-31(55)30(54)28(52)23(13-45)62-37/h17-33,36-37,44-46,49-55H,9-14H2,1-8H3,(H,42,47)(H,43,48)(H,58,59)/t17-,18-,19-,20+,21-,22+,23+,24+,25+,26+,27+,28-,29-,30-,31+,32+,33+,36+,37-,41+/m0/s1. The highest BCUT2D eigenvalue weighted by atomic mass is 16.8. The van der Waals surface area contributed by atoms with Gasteiger partial charge in [0.05, 0.1) is 56.0 Å². The Kier molecular flexibility index (Phi) is 19.0. The van der Waals surface area contributed by atoms with Gasteiger partial charge >= 0.3 is 17.9 Å². The van der Waals surface area contributed by atoms with Gasteiger partial charge in [0.15, 0.2) is 12.6 Å². The molecular formula is C41H68N2O24. The number of carbonyl (C=O) groups is 5. The molecule has 386 valence electrons. The van der Waals surface area contributed by atoms with Gasteiger partial charge in [-0.1, -0.05) is 0 Å². The van der Waals surface area contributed by atoms with Crippen molar-refractivity contribution in [2.75, 3.05) is 19.8 Å². The molecule has 0 radical (unpaired) electrons. The molecule has 4 aliphatic rings. The van der Waals surface area contributed by atoms with Crippen LogP contribution in [0.4, 0.5) is 0 Å². The number of aliphatic hydroxyl groups excluding tert-OH is 10. The third-order valence-corrected chi connectivity index (χ3v) is 11.5. The first-order valence-electron chi connectivity index (χ1n) is 21.8. The number of hydrogen-bond acceptors (Lipinski definition) is 23. The number of ether oxygens (including phenoxy) is 8. The minimum atomic E-state index is -3.05. The zero-order valence-electron chi connectivity index (χ0n) is 38.4. The van der Waals surface area contributed by atoms with Gasteiger partial charge in [-0.05, 0) is 54.4 Å². The summed E-state index contributed by atoms with van der Waals surface area (Å²) in [4.78, 5) is 66.6. The van der Waals surface area contributed by atoms with Crippen molar-refractivity contribution in [3.05, 3.63) is 0 Å². The highest BCUT2D eigenvalue weighted by Gasteiger charge is 2.60. The predicted molar refractivity (Wildman–Crippen MR) is 218 cm³/mol. The van der Waals surface area contributed by atoms with E-state index in [0.29, 0.717) is 0 Å². The van der Waals surface area contributed by atoms with E-state index >= 15 is 0 Å². The number of hydrogen-bond donors (Lipinski definition) is 13. The molecule has 13 N–H and O–H groups in total. The van der Waals surface area contributed by atoms with Crippen LogP contribution in [0.3, 0.4) is 0 Å². The Morgan fingerprint density at radius 3 is 1.66 bits per heavy atom. The van der Waals surface area contributed by atoms with Gasteiger partial charge in [0.1, 0.15) is 78.3 Å². The molecule has 0 aromatic rings. The molecule has 4 fully saturated rings. The maximum atomic E-state index is 14.1. The van der Waals surface area contributed by atoms with E-state index in [2.05, 4.69) is 10.6 Å². The van der Waals surface area contributed by atoms with Crippen LogP contribution < -0.4 is 10.6 Å². The zero-order chi connectivity index (χ0) is 50.7. The van der Waals surface area contributed by atoms with E-state index in [4.69, 9.17) is 37.9 Å². The summed E-state index contributed by atoms with van der Waals surface area (Å²) in [6, 6.07) is -3.31. The van der Waals surface area contributed by atoms with Crippen molar-refractivity contribution in [1.82, 2.24) is 10.6 Å². The number of carboxylic acid groups (broad SMARTS) is 1. The van der Waals surface area contributed by atoms with Crippen molar-refractivity contribution in [3.8, 4) is 0 Å². The number of carboxylic acids is 1. The molecule has 1 aliphatic carbocycles. The molecule has 2 amide bonds. The van der Waals surface area contributed by atoms with E-state index in [9.17, 15) is 80.1 Å². The molecule has 0 unspecified atom stereocenters. The van der Waals surface area contributed by atoms with Crippen LogP contribution in [0.25, 0.3) is 0 Å². The van der Waals surface area contributed by atoms with Crippen LogP contribution in [-0.2, 0) is 61.9 Å². The van der Waals surface area contributed by atoms with E-state index in [1.165, 1.54) is 0 Å². The average molecular weight is 973 g/mol. The average Bonchev–Trinajstić information content (AvgIpc) is 3.21. The lowest BCUT2D eigenvalue weighted by Gasteiger charge is -2.51. The van der Waals surface area contributed by atoms with E-state index < -0.39 is 202 Å². The first-order valence-corrected chi connectivity index (χ1v) is 21.8. The minimum Gasteiger partial charge on any atom is -0.477 e. The Labute approximate surface area is 385 Å². The Bertz CT molecular complexity index is 1710. The number of rotatable bonds is 16. The van der Waals surface area contributed by atoms with Crippen LogP contribution in [0.1, 0.15) is 74.7 Å². The number of amides is 2. The molecule has 4 rings (SSSR count). The van der Waals surface area contributed by atoms with Crippen molar-refractivity contribution in [2.45, 2.75) is 196 Å². The summed E-state index contributed by atoms with van der Waals surface area (Å²) in [5.41, 5.74) is -2.29. The molecule has 0 aromatic carbocycles. The van der Waals surface area contributed by atoms with E-state index in [1.54, 1.807) is 41.5 Å². The minimum absolute atomic E-state index is 0.608. The molecule has 26 nitrogen and oxygen atoms in total. The normalized spacial score (nSPS) is 39.3. The largest absolute Gasteiger partial charge is 0.477 e. The summed E-state index contributed by atoms with van der Waals surface area (Å²) in [5, 5.41) is 122. The summed E-state index contributed by atoms with van der Waals surface area (Å²) in [5.74, 6) is -11.5. The second-order valence-electron chi connectivity index (χ2n) is 19.2. The van der Waals surface area contributed by atoms with Gasteiger partial charge in [-0.15, -0.1) is 0 Å². The van der Waals surface area contributed by atoms with Crippen molar-refractivity contribution in [3.63, 3.8) is 0 Å². The van der Waals surface area contributed by atoms with Crippen LogP contribution in [-0.4, -0.2) is 227 Å². The molecule has 67 heavy (non-hydrogen) atoms. The van der Waals surface area contributed by atoms with Gasteiger partial charge in [-0.25, -0.2) is 4.79 Å². The summed E-state index contributed by atoms with van der Waals surface area (Å²) in [7, 11) is 0. The zero-order valence-corrected chi connectivity index (χ0v) is 38.4. The lowest BCUT2D eigenvalue weighted by atomic mass is 9.75. The number of aliphatic carboxylic acids is 1. The van der Waals surface area contributed by atoms with E-state index in [-0.39, 0.29) is 0 Å². The topological polar surface area (TPSA) is 406 Å². The fourth-order valence-corrected chi connectivity index (χ4v) is 8.41. The lowest BCUT2D eigenvalue weighted by molar-refractivity contribution is -0.360. The van der Waals surface area contributed by atoms with Gasteiger partial charge in [-0.3, -0.25) is 19.2 Å². The smallest absolute Gasteiger partial charge is 0.364 e. The summed E-state index contributed by atoms with van der Waals surface area (Å²) >= 11 is 0. The van der Waals surface area contributed by atoms with Crippen molar-refractivity contribution >= 4 is 29.7 Å². The first kappa shape index (κ1) is 56.3. The highest BCUT2D eigenvalue weighted by Crippen LogP contribution is 2.43. The van der Waals surface area contributed by atoms with Crippen LogP contribution >= 0.6 is 0 Å². The van der Waals surface area contributed by atoms with Gasteiger partial charge < -0.3 is 105 Å². The Balaban J connectivity index is 1.88. The predicted octanol–water partition coefficient (Wildman–Crippen LogP) is -5.62. The Morgan fingerprint density at radius 2 is 1.18 bits per heavy atom. The summed E-state index contributed by atoms with van der Waals surface area (Å²) < 4.78 is 47.3. The third-order valence-electron chi connectivity index (χ3n) is 11.5. The molecule has 20 atom stereocenters.